The number of carbonyl (C=O) groups excluding carboxylic acids is 1. The minimum Gasteiger partial charge on any atom is -0.349 e. The Bertz CT molecular complexity index is 579. The van der Waals surface area contributed by atoms with Gasteiger partial charge in [0.05, 0.1) is 0 Å². The quantitative estimate of drug-likeness (QED) is 0.664. The topological polar surface area (TPSA) is 52.9 Å². The second-order valence-electron chi connectivity index (χ2n) is 5.11. The molecule has 1 fully saturated rings. The number of benzene rings is 1. The second kappa shape index (κ2) is 7.49. The summed E-state index contributed by atoms with van der Waals surface area (Å²) in [5, 5.41) is 13.0. The molecule has 110 valence electrons. The highest BCUT2D eigenvalue weighted by Crippen LogP contribution is 2.26. The molecule has 1 N–H and O–H groups in total. The zero-order valence-corrected chi connectivity index (χ0v) is 13.0. The van der Waals surface area contributed by atoms with Gasteiger partial charge in [0.2, 0.25) is 0 Å². The molecule has 0 spiro atoms. The normalized spacial score (nSPS) is 16.3. The number of carbonyl (C=O) groups is 1. The fourth-order valence-corrected chi connectivity index (χ4v) is 2.96. The molecule has 0 bridgehead atoms. The van der Waals surface area contributed by atoms with Crippen LogP contribution in [0.3, 0.4) is 0 Å². The first-order chi connectivity index (χ1) is 10.1. The van der Waals surface area contributed by atoms with E-state index in [9.17, 15) is 10.1 Å². The highest BCUT2D eigenvalue weighted by molar-refractivity contribution is 6.37. The molecular formula is C16H16Cl2N2O. The molecule has 1 saturated carbocycles. The molecule has 2 rings (SSSR count). The molecule has 0 atom stereocenters. The van der Waals surface area contributed by atoms with Crippen LogP contribution < -0.4 is 5.32 Å². The molecule has 1 amide bonds. The van der Waals surface area contributed by atoms with Crippen LogP contribution in [0.4, 0.5) is 0 Å². The number of rotatable bonds is 3. The first kappa shape index (κ1) is 15.9. The van der Waals surface area contributed by atoms with Gasteiger partial charge in [0.1, 0.15) is 11.6 Å². The molecule has 1 aliphatic carbocycles. The van der Waals surface area contributed by atoms with E-state index in [0.29, 0.717) is 15.6 Å². The summed E-state index contributed by atoms with van der Waals surface area (Å²) >= 11 is 12.1. The van der Waals surface area contributed by atoms with E-state index in [0.717, 1.165) is 25.7 Å². The Morgan fingerprint density at radius 2 is 1.86 bits per heavy atom. The zero-order chi connectivity index (χ0) is 15.2. The molecule has 5 heteroatoms. The molecule has 3 nitrogen and oxygen atoms in total. The number of nitrogens with one attached hydrogen (secondary N) is 1. The summed E-state index contributed by atoms with van der Waals surface area (Å²) in [4.78, 5) is 12.2. The van der Waals surface area contributed by atoms with Crippen molar-refractivity contribution in [3.63, 3.8) is 0 Å². The van der Waals surface area contributed by atoms with Crippen LogP contribution in [0.1, 0.15) is 37.7 Å². The molecule has 1 aliphatic rings. The van der Waals surface area contributed by atoms with Crippen molar-refractivity contribution in [2.75, 3.05) is 0 Å². The number of halogens is 2. The molecule has 1 aromatic rings. The van der Waals surface area contributed by atoms with Gasteiger partial charge in [-0.15, -0.1) is 0 Å². The van der Waals surface area contributed by atoms with Crippen molar-refractivity contribution in [2.45, 2.75) is 38.1 Å². The minimum absolute atomic E-state index is 0.0237. The average Bonchev–Trinajstić information content (AvgIpc) is 2.48. The van der Waals surface area contributed by atoms with E-state index in [2.05, 4.69) is 5.32 Å². The summed E-state index contributed by atoms with van der Waals surface area (Å²) in [5.41, 5.74) is 0.520. The van der Waals surface area contributed by atoms with Gasteiger partial charge in [-0.2, -0.15) is 5.26 Å². The maximum absolute atomic E-state index is 12.2. The Labute approximate surface area is 134 Å². The SMILES string of the molecule is N#C/C(=C/c1c(Cl)cccc1Cl)C(=O)NC1CCCCC1. The van der Waals surface area contributed by atoms with Crippen molar-refractivity contribution in [1.29, 1.82) is 5.26 Å². The first-order valence-electron chi connectivity index (χ1n) is 6.98. The van der Waals surface area contributed by atoms with Crippen molar-refractivity contribution >= 4 is 35.2 Å². The number of nitriles is 1. The van der Waals surface area contributed by atoms with Gasteiger partial charge in [0, 0.05) is 21.7 Å². The van der Waals surface area contributed by atoms with E-state index in [1.807, 2.05) is 6.07 Å². The van der Waals surface area contributed by atoms with Gasteiger partial charge in [-0.3, -0.25) is 4.79 Å². The number of hydrogen-bond donors (Lipinski definition) is 1. The lowest BCUT2D eigenvalue weighted by molar-refractivity contribution is -0.117. The van der Waals surface area contributed by atoms with Crippen LogP contribution in [0, 0.1) is 11.3 Å². The monoisotopic (exact) mass is 322 g/mol. The van der Waals surface area contributed by atoms with Gasteiger partial charge < -0.3 is 5.32 Å². The van der Waals surface area contributed by atoms with Crippen molar-refractivity contribution < 1.29 is 4.79 Å². The van der Waals surface area contributed by atoms with Gasteiger partial charge in [-0.25, -0.2) is 0 Å². The third-order valence-corrected chi connectivity index (χ3v) is 4.25. The molecule has 0 aliphatic heterocycles. The van der Waals surface area contributed by atoms with E-state index >= 15 is 0 Å². The Hall–Kier alpha value is -1.50. The van der Waals surface area contributed by atoms with E-state index in [1.54, 1.807) is 18.2 Å². The number of amides is 1. The van der Waals surface area contributed by atoms with Crippen LogP contribution >= 0.6 is 23.2 Å². The second-order valence-corrected chi connectivity index (χ2v) is 5.93. The van der Waals surface area contributed by atoms with Crippen molar-refractivity contribution in [3.8, 4) is 6.07 Å². The first-order valence-corrected chi connectivity index (χ1v) is 7.74. The zero-order valence-electron chi connectivity index (χ0n) is 11.5. The lowest BCUT2D eigenvalue weighted by Gasteiger charge is -2.22. The predicted molar refractivity (Wildman–Crippen MR) is 85.1 cm³/mol. The third kappa shape index (κ3) is 4.23. The average molecular weight is 323 g/mol. The molecule has 0 aromatic heterocycles. The third-order valence-electron chi connectivity index (χ3n) is 3.59. The standard InChI is InChI=1S/C16H16Cl2N2O/c17-14-7-4-8-15(18)13(14)9-11(10-19)16(21)20-12-5-2-1-3-6-12/h4,7-9,12H,1-3,5-6H2,(H,20,21)/b11-9-. The number of nitrogens with zero attached hydrogens (tertiary/aromatic N) is 1. The van der Waals surface area contributed by atoms with Gasteiger partial charge in [0.15, 0.2) is 0 Å². The molecule has 21 heavy (non-hydrogen) atoms. The van der Waals surface area contributed by atoms with Gasteiger partial charge in [-0.1, -0.05) is 48.5 Å². The van der Waals surface area contributed by atoms with Gasteiger partial charge >= 0.3 is 0 Å². The largest absolute Gasteiger partial charge is 0.349 e. The maximum Gasteiger partial charge on any atom is 0.262 e. The fraction of sp³-hybridized carbons (Fsp3) is 0.375. The van der Waals surface area contributed by atoms with Crippen LogP contribution in [0.2, 0.25) is 10.0 Å². The smallest absolute Gasteiger partial charge is 0.262 e. The summed E-state index contributed by atoms with van der Waals surface area (Å²) in [6.45, 7) is 0. The van der Waals surface area contributed by atoms with Gasteiger partial charge in [0.25, 0.3) is 5.91 Å². The maximum atomic E-state index is 12.2. The van der Waals surface area contributed by atoms with Crippen molar-refractivity contribution in [3.05, 3.63) is 39.4 Å². The Balaban J connectivity index is 2.17. The highest BCUT2D eigenvalue weighted by Gasteiger charge is 2.18. The molecule has 0 radical (unpaired) electrons. The van der Waals surface area contributed by atoms with Crippen LogP contribution in [0.25, 0.3) is 6.08 Å². The Kier molecular flexibility index (Phi) is 5.67. The fourth-order valence-electron chi connectivity index (χ4n) is 2.45. The molecule has 1 aromatic carbocycles. The lowest BCUT2D eigenvalue weighted by Crippen LogP contribution is -2.36. The number of hydrogen-bond acceptors (Lipinski definition) is 2. The molecule has 0 saturated heterocycles. The van der Waals surface area contributed by atoms with Crippen LogP contribution in [0.5, 0.6) is 0 Å². The summed E-state index contributed by atoms with van der Waals surface area (Å²) in [5.74, 6) is -0.361. The molecule has 0 heterocycles. The minimum atomic E-state index is -0.361. The van der Waals surface area contributed by atoms with E-state index in [1.165, 1.54) is 12.5 Å². The molecular weight excluding hydrogens is 307 g/mol. The summed E-state index contributed by atoms with van der Waals surface area (Å²) in [7, 11) is 0. The summed E-state index contributed by atoms with van der Waals surface area (Å²) < 4.78 is 0. The Morgan fingerprint density at radius 3 is 2.43 bits per heavy atom. The van der Waals surface area contributed by atoms with E-state index in [-0.39, 0.29) is 17.5 Å². The van der Waals surface area contributed by atoms with Gasteiger partial charge in [-0.05, 0) is 31.1 Å². The van der Waals surface area contributed by atoms with E-state index in [4.69, 9.17) is 23.2 Å². The Morgan fingerprint density at radius 1 is 1.24 bits per heavy atom. The predicted octanol–water partition coefficient (Wildman–Crippen LogP) is 4.35. The van der Waals surface area contributed by atoms with Crippen molar-refractivity contribution in [2.24, 2.45) is 0 Å². The summed E-state index contributed by atoms with van der Waals surface area (Å²) in [6, 6.07) is 7.15. The summed E-state index contributed by atoms with van der Waals surface area (Å²) in [6.07, 6.45) is 6.83. The van der Waals surface area contributed by atoms with Crippen LogP contribution in [-0.2, 0) is 4.79 Å². The molecule has 0 unspecified atom stereocenters. The van der Waals surface area contributed by atoms with E-state index < -0.39 is 0 Å². The van der Waals surface area contributed by atoms with Crippen LogP contribution in [0.15, 0.2) is 23.8 Å². The van der Waals surface area contributed by atoms with Crippen LogP contribution in [-0.4, -0.2) is 11.9 Å². The lowest BCUT2D eigenvalue weighted by atomic mass is 9.95. The van der Waals surface area contributed by atoms with Crippen molar-refractivity contribution in [1.82, 2.24) is 5.32 Å². The highest BCUT2D eigenvalue weighted by atomic mass is 35.5.